The van der Waals surface area contributed by atoms with Gasteiger partial charge in [-0.2, -0.15) is 0 Å². The van der Waals surface area contributed by atoms with E-state index in [1.165, 1.54) is 0 Å². The van der Waals surface area contributed by atoms with Crippen LogP contribution in [0.2, 0.25) is 0 Å². The van der Waals surface area contributed by atoms with Crippen molar-refractivity contribution in [2.24, 2.45) is 0 Å². The normalized spacial score (nSPS) is 10.1. The van der Waals surface area contributed by atoms with Crippen molar-refractivity contribution < 1.29 is 9.90 Å². The zero-order valence-corrected chi connectivity index (χ0v) is 9.16. The zero-order chi connectivity index (χ0) is 12.0. The molecule has 0 spiro atoms. The minimum absolute atomic E-state index is 0.109. The smallest absolute Gasteiger partial charge is 0.304 e. The highest BCUT2D eigenvalue weighted by Crippen LogP contribution is 2.00. The van der Waals surface area contributed by atoms with Gasteiger partial charge in [-0.1, -0.05) is 0 Å². The Bertz CT molecular complexity index is 373. The fourth-order valence-corrected chi connectivity index (χ4v) is 1.16. The van der Waals surface area contributed by atoms with Crippen molar-refractivity contribution >= 4 is 11.7 Å². The lowest BCUT2D eigenvalue weighted by Gasteiger charge is -2.03. The van der Waals surface area contributed by atoms with Crippen molar-refractivity contribution in [2.45, 2.75) is 19.9 Å². The molecule has 5 nitrogen and oxygen atoms in total. The highest BCUT2D eigenvalue weighted by atomic mass is 16.4. The van der Waals surface area contributed by atoms with Crippen molar-refractivity contribution in [3.63, 3.8) is 0 Å². The first-order valence-corrected chi connectivity index (χ1v) is 5.02. The number of nitrogens with zero attached hydrogens (tertiary/aromatic N) is 1. The molecule has 1 aromatic heterocycles. The lowest BCUT2D eigenvalue weighted by Crippen LogP contribution is -2.18. The second-order valence-corrected chi connectivity index (χ2v) is 3.48. The summed E-state index contributed by atoms with van der Waals surface area (Å²) < 4.78 is 0. The van der Waals surface area contributed by atoms with Gasteiger partial charge in [-0.25, -0.2) is 0 Å². The van der Waals surface area contributed by atoms with Crippen LogP contribution >= 0.6 is 0 Å². The van der Waals surface area contributed by atoms with Crippen LogP contribution in [0.3, 0.4) is 0 Å². The largest absolute Gasteiger partial charge is 0.481 e. The average Bonchev–Trinajstić information content (AvgIpc) is 2.25. The topological polar surface area (TPSA) is 86.1 Å². The lowest BCUT2D eigenvalue weighted by atomic mass is 10.2. The fourth-order valence-electron chi connectivity index (χ4n) is 1.16. The number of hydrogen-bond donors (Lipinski definition) is 3. The van der Waals surface area contributed by atoms with Crippen LogP contribution in [0.25, 0.3) is 0 Å². The van der Waals surface area contributed by atoms with Crippen LogP contribution in [0.4, 0.5) is 0 Å². The highest BCUT2D eigenvalue weighted by molar-refractivity contribution is 5.95. The number of carbonyl (C=O) groups is 1. The molecule has 0 fully saturated rings. The molecule has 0 aliphatic rings. The molecule has 5 heteroatoms. The van der Waals surface area contributed by atoms with Gasteiger partial charge in [-0.05, 0) is 19.1 Å². The van der Waals surface area contributed by atoms with Crippen LogP contribution in [0.5, 0.6) is 0 Å². The quantitative estimate of drug-likeness (QED) is 0.494. The van der Waals surface area contributed by atoms with Crippen LogP contribution in [0.15, 0.2) is 18.3 Å². The van der Waals surface area contributed by atoms with Crippen LogP contribution in [-0.4, -0.2) is 28.3 Å². The van der Waals surface area contributed by atoms with Crippen molar-refractivity contribution in [1.82, 2.24) is 10.3 Å². The number of carboxylic acid groups (broad SMARTS) is 1. The second-order valence-electron chi connectivity index (χ2n) is 3.48. The molecule has 0 amide bonds. The molecule has 0 aliphatic heterocycles. The van der Waals surface area contributed by atoms with E-state index in [4.69, 9.17) is 10.5 Å². The van der Waals surface area contributed by atoms with Gasteiger partial charge in [0.2, 0.25) is 0 Å². The standard InChI is InChI=1S/C11H15N3O2/c1-8(12)9-2-3-10(14-6-9)7-13-5-4-11(15)16/h2-3,6,12-13H,4-5,7H2,1H3,(H,15,16). The first kappa shape index (κ1) is 12.3. The summed E-state index contributed by atoms with van der Waals surface area (Å²) in [5.41, 5.74) is 2.13. The van der Waals surface area contributed by atoms with Crippen molar-refractivity contribution in [2.75, 3.05) is 6.54 Å². The molecule has 1 rings (SSSR count). The van der Waals surface area contributed by atoms with Gasteiger partial charge < -0.3 is 15.8 Å². The number of nitrogens with one attached hydrogen (secondary N) is 2. The molecule has 0 saturated carbocycles. The number of aromatic nitrogens is 1. The van der Waals surface area contributed by atoms with E-state index in [0.717, 1.165) is 11.3 Å². The van der Waals surface area contributed by atoms with E-state index >= 15 is 0 Å². The van der Waals surface area contributed by atoms with E-state index in [0.29, 0.717) is 18.8 Å². The van der Waals surface area contributed by atoms with E-state index in [1.807, 2.05) is 12.1 Å². The minimum atomic E-state index is -0.810. The molecular formula is C11H15N3O2. The number of hydrogen-bond acceptors (Lipinski definition) is 4. The van der Waals surface area contributed by atoms with Gasteiger partial charge >= 0.3 is 5.97 Å². The van der Waals surface area contributed by atoms with Gasteiger partial charge in [0, 0.05) is 30.6 Å². The van der Waals surface area contributed by atoms with Gasteiger partial charge in [0.05, 0.1) is 12.1 Å². The molecule has 0 atom stereocenters. The van der Waals surface area contributed by atoms with Crippen LogP contribution in [0, 0.1) is 5.41 Å². The molecular weight excluding hydrogens is 206 g/mol. The van der Waals surface area contributed by atoms with Gasteiger partial charge in [-0.15, -0.1) is 0 Å². The molecule has 0 bridgehead atoms. The summed E-state index contributed by atoms with van der Waals surface area (Å²) >= 11 is 0. The van der Waals surface area contributed by atoms with Crippen molar-refractivity contribution in [3.05, 3.63) is 29.6 Å². The molecule has 16 heavy (non-hydrogen) atoms. The van der Waals surface area contributed by atoms with Crippen molar-refractivity contribution in [3.8, 4) is 0 Å². The Kier molecular flexibility index (Phi) is 4.60. The van der Waals surface area contributed by atoms with Gasteiger partial charge in [0.15, 0.2) is 0 Å². The zero-order valence-electron chi connectivity index (χ0n) is 9.16. The Balaban J connectivity index is 2.38. The highest BCUT2D eigenvalue weighted by Gasteiger charge is 1.99. The SMILES string of the molecule is CC(=N)c1ccc(CNCCC(=O)O)nc1. The summed E-state index contributed by atoms with van der Waals surface area (Å²) in [5, 5.41) is 18.8. The summed E-state index contributed by atoms with van der Waals surface area (Å²) in [6, 6.07) is 3.67. The van der Waals surface area contributed by atoms with Gasteiger partial charge in [0.1, 0.15) is 0 Å². The summed E-state index contributed by atoms with van der Waals surface area (Å²) in [4.78, 5) is 14.4. The molecule has 1 aromatic rings. The molecule has 1 heterocycles. The third kappa shape index (κ3) is 4.18. The second kappa shape index (κ2) is 5.97. The molecule has 3 N–H and O–H groups in total. The maximum atomic E-state index is 10.3. The third-order valence-electron chi connectivity index (χ3n) is 2.08. The predicted octanol–water partition coefficient (Wildman–Crippen LogP) is 1.03. The molecule has 0 radical (unpaired) electrons. The van der Waals surface area contributed by atoms with E-state index in [9.17, 15) is 4.79 Å². The predicted molar refractivity (Wildman–Crippen MR) is 60.7 cm³/mol. The Labute approximate surface area is 94.0 Å². The van der Waals surface area contributed by atoms with Crippen LogP contribution < -0.4 is 5.32 Å². The summed E-state index contributed by atoms with van der Waals surface area (Å²) in [6.45, 7) is 2.69. The van der Waals surface area contributed by atoms with Gasteiger partial charge in [-0.3, -0.25) is 9.78 Å². The number of aliphatic carboxylic acids is 1. The monoisotopic (exact) mass is 221 g/mol. The van der Waals surface area contributed by atoms with E-state index in [2.05, 4.69) is 10.3 Å². The number of pyridine rings is 1. The van der Waals surface area contributed by atoms with E-state index < -0.39 is 5.97 Å². The fraction of sp³-hybridized carbons (Fsp3) is 0.364. The third-order valence-corrected chi connectivity index (χ3v) is 2.08. The van der Waals surface area contributed by atoms with E-state index in [-0.39, 0.29) is 6.42 Å². The Morgan fingerprint density at radius 1 is 1.56 bits per heavy atom. The molecule has 0 aromatic carbocycles. The number of carboxylic acids is 1. The molecule has 0 aliphatic carbocycles. The lowest BCUT2D eigenvalue weighted by molar-refractivity contribution is -0.136. The van der Waals surface area contributed by atoms with Crippen LogP contribution in [-0.2, 0) is 11.3 Å². The summed E-state index contributed by atoms with van der Waals surface area (Å²) in [7, 11) is 0. The Hall–Kier alpha value is -1.75. The maximum absolute atomic E-state index is 10.3. The summed E-state index contributed by atoms with van der Waals surface area (Å²) in [6.07, 6.45) is 1.76. The van der Waals surface area contributed by atoms with E-state index in [1.54, 1.807) is 13.1 Å². The molecule has 86 valence electrons. The first-order valence-electron chi connectivity index (χ1n) is 5.02. The average molecular weight is 221 g/mol. The van der Waals surface area contributed by atoms with Crippen molar-refractivity contribution in [1.29, 1.82) is 5.41 Å². The summed E-state index contributed by atoms with van der Waals surface area (Å²) in [5.74, 6) is -0.810. The first-order chi connectivity index (χ1) is 7.59. The van der Waals surface area contributed by atoms with Crippen LogP contribution in [0.1, 0.15) is 24.6 Å². The number of rotatable bonds is 6. The Morgan fingerprint density at radius 2 is 2.31 bits per heavy atom. The molecule has 0 saturated heterocycles. The molecule has 0 unspecified atom stereocenters. The maximum Gasteiger partial charge on any atom is 0.304 e. The Morgan fingerprint density at radius 3 is 2.81 bits per heavy atom. The van der Waals surface area contributed by atoms with Gasteiger partial charge in [0.25, 0.3) is 0 Å². The minimum Gasteiger partial charge on any atom is -0.481 e.